The van der Waals surface area contributed by atoms with Crippen molar-refractivity contribution in [2.24, 2.45) is 4.99 Å². The summed E-state index contributed by atoms with van der Waals surface area (Å²) in [6.45, 7) is 2.64. The monoisotopic (exact) mass is 299 g/mol. The third-order valence-corrected chi connectivity index (χ3v) is 4.03. The van der Waals surface area contributed by atoms with Crippen LogP contribution in [-0.2, 0) is 14.8 Å². The van der Waals surface area contributed by atoms with Gasteiger partial charge in [-0.3, -0.25) is 0 Å². The van der Waals surface area contributed by atoms with Crippen molar-refractivity contribution in [2.75, 3.05) is 31.7 Å². The summed E-state index contributed by atoms with van der Waals surface area (Å²) in [5.74, 6) is 0.175. The lowest BCUT2D eigenvalue weighted by atomic mass is 10.2. The number of aliphatic hydroxyl groups is 1. The number of nitrogens with zero attached hydrogens (tertiary/aromatic N) is 1. The number of aliphatic imine (C=N–C) groups is 1. The SMILES string of the molecule is Cc1ccc2c(c1)S(=O)(=O)NC(=NCCOCCO)N2. The topological polar surface area (TPSA) is 100 Å². The zero-order valence-corrected chi connectivity index (χ0v) is 11.9. The number of fused-ring (bicyclic) bond motifs is 1. The highest BCUT2D eigenvalue weighted by atomic mass is 32.2. The van der Waals surface area contributed by atoms with Gasteiger partial charge in [-0.15, -0.1) is 0 Å². The molecule has 0 amide bonds. The fraction of sp³-hybridized carbons (Fsp3) is 0.417. The van der Waals surface area contributed by atoms with Crippen molar-refractivity contribution in [1.29, 1.82) is 0 Å². The van der Waals surface area contributed by atoms with Gasteiger partial charge in [-0.05, 0) is 24.6 Å². The molecule has 8 heteroatoms. The number of nitrogens with one attached hydrogen (secondary N) is 2. The van der Waals surface area contributed by atoms with Crippen molar-refractivity contribution in [3.05, 3.63) is 23.8 Å². The third-order valence-electron chi connectivity index (χ3n) is 2.65. The molecule has 0 aromatic heterocycles. The van der Waals surface area contributed by atoms with Gasteiger partial charge in [0.2, 0.25) is 5.96 Å². The lowest BCUT2D eigenvalue weighted by Crippen LogP contribution is -2.41. The average molecular weight is 299 g/mol. The predicted octanol–water partition coefficient (Wildman–Crippen LogP) is 0.0637. The molecule has 0 atom stereocenters. The molecule has 0 radical (unpaired) electrons. The standard InChI is InChI=1S/C12H17N3O4S/c1-9-2-3-10-11(8-9)20(17,18)15-12(14-10)13-4-6-19-7-5-16/h2-3,8,16H,4-7H2,1H3,(H2,13,14,15). The van der Waals surface area contributed by atoms with Crippen molar-refractivity contribution in [1.82, 2.24) is 4.72 Å². The zero-order valence-electron chi connectivity index (χ0n) is 11.1. The van der Waals surface area contributed by atoms with Crippen LogP contribution in [0.5, 0.6) is 0 Å². The fourth-order valence-corrected chi connectivity index (χ4v) is 2.98. The van der Waals surface area contributed by atoms with E-state index in [0.29, 0.717) is 18.8 Å². The molecule has 0 unspecified atom stereocenters. The van der Waals surface area contributed by atoms with Crippen LogP contribution in [0.4, 0.5) is 5.69 Å². The van der Waals surface area contributed by atoms with Gasteiger partial charge in [0.15, 0.2) is 0 Å². The first-order chi connectivity index (χ1) is 9.53. The Balaban J connectivity index is 2.11. The van der Waals surface area contributed by atoms with Gasteiger partial charge < -0.3 is 15.2 Å². The molecular formula is C12H17N3O4S. The number of hydrogen-bond donors (Lipinski definition) is 3. The minimum atomic E-state index is -3.59. The molecule has 0 bridgehead atoms. The molecule has 0 saturated carbocycles. The minimum absolute atomic E-state index is 0.0474. The van der Waals surface area contributed by atoms with E-state index >= 15 is 0 Å². The van der Waals surface area contributed by atoms with E-state index in [1.807, 2.05) is 13.0 Å². The summed E-state index contributed by atoms with van der Waals surface area (Å²) in [4.78, 5) is 4.30. The Morgan fingerprint density at radius 3 is 2.90 bits per heavy atom. The second-order valence-electron chi connectivity index (χ2n) is 4.30. The van der Waals surface area contributed by atoms with E-state index in [2.05, 4.69) is 15.0 Å². The summed E-state index contributed by atoms with van der Waals surface area (Å²) >= 11 is 0. The van der Waals surface area contributed by atoms with Gasteiger partial charge in [-0.25, -0.2) is 18.1 Å². The molecule has 1 heterocycles. The highest BCUT2D eigenvalue weighted by Gasteiger charge is 2.26. The van der Waals surface area contributed by atoms with Gasteiger partial charge >= 0.3 is 0 Å². The number of sulfonamides is 1. The van der Waals surface area contributed by atoms with E-state index in [0.717, 1.165) is 5.56 Å². The molecule has 1 aromatic rings. The highest BCUT2D eigenvalue weighted by Crippen LogP contribution is 2.25. The molecule has 0 aliphatic carbocycles. The molecule has 3 N–H and O–H groups in total. The van der Waals surface area contributed by atoms with Crippen LogP contribution in [0, 0.1) is 6.92 Å². The number of ether oxygens (including phenoxy) is 1. The minimum Gasteiger partial charge on any atom is -0.394 e. The van der Waals surface area contributed by atoms with E-state index in [-0.39, 0.29) is 24.1 Å². The molecular weight excluding hydrogens is 282 g/mol. The second kappa shape index (κ2) is 6.21. The molecule has 110 valence electrons. The van der Waals surface area contributed by atoms with Crippen LogP contribution in [-0.4, -0.2) is 45.8 Å². The van der Waals surface area contributed by atoms with Crippen molar-refractivity contribution >= 4 is 21.7 Å². The summed E-state index contributed by atoms with van der Waals surface area (Å²) in [6.07, 6.45) is 0. The number of anilines is 1. The van der Waals surface area contributed by atoms with Crippen molar-refractivity contribution < 1.29 is 18.3 Å². The Morgan fingerprint density at radius 2 is 2.15 bits per heavy atom. The number of aryl methyl sites for hydroxylation is 1. The number of guanidine groups is 1. The molecule has 0 spiro atoms. The normalized spacial score (nSPS) is 18.2. The Kier molecular flexibility index (Phi) is 4.58. The largest absolute Gasteiger partial charge is 0.394 e. The molecule has 1 aliphatic rings. The Morgan fingerprint density at radius 1 is 1.35 bits per heavy atom. The van der Waals surface area contributed by atoms with E-state index in [1.165, 1.54) is 0 Å². The third kappa shape index (κ3) is 3.47. The maximum absolute atomic E-state index is 12.1. The summed E-state index contributed by atoms with van der Waals surface area (Å²) in [6, 6.07) is 5.14. The summed E-state index contributed by atoms with van der Waals surface area (Å²) in [5.41, 5.74) is 1.37. The number of hydrogen-bond acceptors (Lipinski definition) is 5. The lowest BCUT2D eigenvalue weighted by Gasteiger charge is -2.21. The van der Waals surface area contributed by atoms with Crippen molar-refractivity contribution in [2.45, 2.75) is 11.8 Å². The molecule has 0 fully saturated rings. The molecule has 1 aromatic carbocycles. The van der Waals surface area contributed by atoms with Gasteiger partial charge in [0.25, 0.3) is 10.0 Å². The van der Waals surface area contributed by atoms with Gasteiger partial charge in [-0.2, -0.15) is 0 Å². The van der Waals surface area contributed by atoms with Crippen LogP contribution in [0.3, 0.4) is 0 Å². The van der Waals surface area contributed by atoms with Crippen molar-refractivity contribution in [3.8, 4) is 0 Å². The smallest absolute Gasteiger partial charge is 0.266 e. The first kappa shape index (κ1) is 14.8. The van der Waals surface area contributed by atoms with Gasteiger partial charge in [0, 0.05) is 0 Å². The van der Waals surface area contributed by atoms with Crippen LogP contribution in [0.2, 0.25) is 0 Å². The quantitative estimate of drug-likeness (QED) is 0.668. The van der Waals surface area contributed by atoms with Crippen LogP contribution >= 0.6 is 0 Å². The first-order valence-corrected chi connectivity index (χ1v) is 7.65. The van der Waals surface area contributed by atoms with Crippen LogP contribution in [0.1, 0.15) is 5.56 Å². The Labute approximate surface area is 117 Å². The van der Waals surface area contributed by atoms with E-state index in [1.54, 1.807) is 12.1 Å². The van der Waals surface area contributed by atoms with Crippen LogP contribution < -0.4 is 10.0 Å². The second-order valence-corrected chi connectivity index (χ2v) is 5.95. The Bertz CT molecular complexity index is 613. The first-order valence-electron chi connectivity index (χ1n) is 6.16. The predicted molar refractivity (Wildman–Crippen MR) is 75.3 cm³/mol. The molecule has 1 aliphatic heterocycles. The van der Waals surface area contributed by atoms with E-state index < -0.39 is 10.0 Å². The summed E-state index contributed by atoms with van der Waals surface area (Å²) in [5, 5.41) is 11.5. The molecule has 0 saturated heterocycles. The van der Waals surface area contributed by atoms with Crippen LogP contribution in [0.15, 0.2) is 28.1 Å². The maximum atomic E-state index is 12.1. The number of benzene rings is 1. The van der Waals surface area contributed by atoms with E-state index in [9.17, 15) is 8.42 Å². The Hall–Kier alpha value is -1.64. The lowest BCUT2D eigenvalue weighted by molar-refractivity contribution is 0.0978. The summed E-state index contributed by atoms with van der Waals surface area (Å²) in [7, 11) is -3.59. The number of aliphatic hydroxyl groups excluding tert-OH is 1. The van der Waals surface area contributed by atoms with E-state index in [4.69, 9.17) is 9.84 Å². The molecule has 20 heavy (non-hydrogen) atoms. The van der Waals surface area contributed by atoms with Crippen LogP contribution in [0.25, 0.3) is 0 Å². The summed E-state index contributed by atoms with van der Waals surface area (Å²) < 4.78 is 31.6. The fourth-order valence-electron chi connectivity index (χ4n) is 1.75. The number of rotatable bonds is 5. The molecule has 7 nitrogen and oxygen atoms in total. The maximum Gasteiger partial charge on any atom is 0.266 e. The van der Waals surface area contributed by atoms with Gasteiger partial charge in [0.1, 0.15) is 4.90 Å². The molecule has 2 rings (SSSR count). The zero-order chi connectivity index (χ0) is 14.6. The van der Waals surface area contributed by atoms with Gasteiger partial charge in [-0.1, -0.05) is 6.07 Å². The highest BCUT2D eigenvalue weighted by molar-refractivity contribution is 7.90. The van der Waals surface area contributed by atoms with Gasteiger partial charge in [0.05, 0.1) is 32.1 Å². The average Bonchev–Trinajstić information content (AvgIpc) is 2.39. The van der Waals surface area contributed by atoms with Crippen molar-refractivity contribution in [3.63, 3.8) is 0 Å².